The molecular weight excluding hydrogens is 346 g/mol. The van der Waals surface area contributed by atoms with Crippen molar-refractivity contribution in [2.24, 2.45) is 0 Å². The molecule has 9 nitrogen and oxygen atoms in total. The average molecular weight is 377 g/mol. The Morgan fingerprint density at radius 2 is 1.15 bits per heavy atom. The smallest absolute Gasteiger partial charge is 0.442 e. The van der Waals surface area contributed by atoms with E-state index in [1.165, 1.54) is 6.92 Å². The van der Waals surface area contributed by atoms with Crippen LogP contribution in [0.2, 0.25) is 0 Å². The quantitative estimate of drug-likeness (QED) is 0.446. The summed E-state index contributed by atoms with van der Waals surface area (Å²) in [7, 11) is 0. The van der Waals surface area contributed by atoms with Gasteiger partial charge in [-0.05, 0) is 48.5 Å². The fraction of sp³-hybridized carbons (Fsp3) is 0.824. The molecule has 0 aromatic heterocycles. The number of carbonyl (C=O) groups excluding carboxylic acids is 3. The number of Topliss-reactive ketones (excluding diaryl/α,β-unsaturated/α-hetero) is 1. The van der Waals surface area contributed by atoms with Crippen LogP contribution in [0.1, 0.15) is 48.5 Å². The normalized spacial score (nSPS) is 11.8. The van der Waals surface area contributed by atoms with E-state index in [9.17, 15) is 14.4 Å². The van der Waals surface area contributed by atoms with Gasteiger partial charge in [0.15, 0.2) is 5.78 Å². The first-order valence-corrected chi connectivity index (χ1v) is 8.36. The SMILES string of the molecule is CC(=O)COCCOCCON(C(=O)OC(C)(C)C)C(=O)OC(C)(C)C. The number of carbonyl (C=O) groups is 3. The summed E-state index contributed by atoms with van der Waals surface area (Å²) in [6.07, 6.45) is -1.95. The molecule has 0 aliphatic rings. The van der Waals surface area contributed by atoms with Crippen molar-refractivity contribution in [1.29, 1.82) is 0 Å². The first-order valence-electron chi connectivity index (χ1n) is 8.36. The van der Waals surface area contributed by atoms with Crippen molar-refractivity contribution in [1.82, 2.24) is 5.06 Å². The van der Waals surface area contributed by atoms with Crippen LogP contribution in [0.4, 0.5) is 9.59 Å². The molecule has 152 valence electrons. The molecule has 0 N–H and O–H groups in total. The lowest BCUT2D eigenvalue weighted by atomic mass is 10.2. The summed E-state index contributed by atoms with van der Waals surface area (Å²) in [5.41, 5.74) is -1.60. The maximum Gasteiger partial charge on any atom is 0.444 e. The minimum atomic E-state index is -0.975. The zero-order valence-corrected chi connectivity index (χ0v) is 16.7. The average Bonchev–Trinajstić information content (AvgIpc) is 2.41. The molecule has 0 fully saturated rings. The fourth-order valence-electron chi connectivity index (χ4n) is 1.41. The van der Waals surface area contributed by atoms with E-state index in [0.717, 1.165) is 0 Å². The van der Waals surface area contributed by atoms with Crippen molar-refractivity contribution in [3.8, 4) is 0 Å². The van der Waals surface area contributed by atoms with Crippen LogP contribution in [0.5, 0.6) is 0 Å². The zero-order valence-electron chi connectivity index (χ0n) is 16.7. The van der Waals surface area contributed by atoms with E-state index in [-0.39, 0.29) is 38.8 Å². The van der Waals surface area contributed by atoms with E-state index in [0.29, 0.717) is 5.06 Å². The van der Waals surface area contributed by atoms with Crippen LogP contribution in [0.3, 0.4) is 0 Å². The molecule has 0 aliphatic heterocycles. The number of ether oxygens (including phenoxy) is 4. The van der Waals surface area contributed by atoms with E-state index in [1.807, 2.05) is 0 Å². The highest BCUT2D eigenvalue weighted by Crippen LogP contribution is 2.14. The molecule has 26 heavy (non-hydrogen) atoms. The molecule has 0 radical (unpaired) electrons. The topological polar surface area (TPSA) is 101 Å². The van der Waals surface area contributed by atoms with Crippen molar-refractivity contribution < 1.29 is 38.2 Å². The van der Waals surface area contributed by atoms with Crippen LogP contribution in [0.15, 0.2) is 0 Å². The van der Waals surface area contributed by atoms with Crippen molar-refractivity contribution >= 4 is 18.0 Å². The molecule has 9 heteroatoms. The third-order valence-electron chi connectivity index (χ3n) is 2.24. The first-order chi connectivity index (χ1) is 11.8. The van der Waals surface area contributed by atoms with E-state index < -0.39 is 23.4 Å². The Kier molecular flexibility index (Phi) is 10.4. The predicted molar refractivity (Wildman–Crippen MR) is 92.6 cm³/mol. The molecule has 0 aliphatic carbocycles. The summed E-state index contributed by atoms with van der Waals surface area (Å²) in [6.45, 7) is 12.0. The zero-order chi connectivity index (χ0) is 20.4. The second-order valence-electron chi connectivity index (χ2n) is 7.46. The van der Waals surface area contributed by atoms with Crippen molar-refractivity contribution in [2.75, 3.05) is 33.0 Å². The number of hydrogen-bond acceptors (Lipinski definition) is 8. The van der Waals surface area contributed by atoms with Gasteiger partial charge in [0.2, 0.25) is 0 Å². The number of hydroxylamine groups is 2. The highest BCUT2D eigenvalue weighted by atomic mass is 16.8. The van der Waals surface area contributed by atoms with E-state index in [2.05, 4.69) is 0 Å². The Balaban J connectivity index is 4.42. The van der Waals surface area contributed by atoms with Crippen molar-refractivity contribution in [3.63, 3.8) is 0 Å². The van der Waals surface area contributed by atoms with Gasteiger partial charge in [0.25, 0.3) is 0 Å². The monoisotopic (exact) mass is 377 g/mol. The molecule has 0 saturated heterocycles. The molecule has 0 aromatic rings. The Labute approximate surface area is 154 Å². The lowest BCUT2D eigenvalue weighted by Gasteiger charge is -2.27. The second-order valence-corrected chi connectivity index (χ2v) is 7.46. The molecule has 0 spiro atoms. The predicted octanol–water partition coefficient (Wildman–Crippen LogP) is 2.71. The van der Waals surface area contributed by atoms with Crippen LogP contribution < -0.4 is 0 Å². The summed E-state index contributed by atoms with van der Waals surface area (Å²) in [4.78, 5) is 40.1. The molecule has 0 bridgehead atoms. The Hall–Kier alpha value is -1.71. The van der Waals surface area contributed by atoms with Crippen LogP contribution in [-0.4, -0.2) is 67.3 Å². The van der Waals surface area contributed by atoms with Gasteiger partial charge in [-0.15, -0.1) is 0 Å². The maximum atomic E-state index is 12.1. The van der Waals surface area contributed by atoms with Gasteiger partial charge < -0.3 is 18.9 Å². The van der Waals surface area contributed by atoms with Crippen LogP contribution in [0.25, 0.3) is 0 Å². The summed E-state index contributed by atoms with van der Waals surface area (Å²) in [5, 5.41) is 0.437. The van der Waals surface area contributed by atoms with Gasteiger partial charge in [0.1, 0.15) is 17.8 Å². The highest BCUT2D eigenvalue weighted by molar-refractivity contribution is 5.86. The molecule has 2 amide bonds. The van der Waals surface area contributed by atoms with E-state index in [4.69, 9.17) is 23.8 Å². The highest BCUT2D eigenvalue weighted by Gasteiger charge is 2.32. The van der Waals surface area contributed by atoms with Gasteiger partial charge in [0, 0.05) is 0 Å². The maximum absolute atomic E-state index is 12.1. The van der Waals surface area contributed by atoms with Crippen molar-refractivity contribution in [3.05, 3.63) is 0 Å². The first kappa shape index (κ1) is 24.3. The summed E-state index contributed by atoms with van der Waals surface area (Å²) >= 11 is 0. The lowest BCUT2D eigenvalue weighted by molar-refractivity contribution is -0.148. The Bertz CT molecular complexity index is 436. The van der Waals surface area contributed by atoms with E-state index >= 15 is 0 Å². The van der Waals surface area contributed by atoms with E-state index in [1.54, 1.807) is 41.5 Å². The summed E-state index contributed by atoms with van der Waals surface area (Å²) < 4.78 is 20.5. The van der Waals surface area contributed by atoms with Gasteiger partial charge in [-0.3, -0.25) is 9.63 Å². The number of nitrogens with zero attached hydrogens (tertiary/aromatic N) is 1. The minimum Gasteiger partial charge on any atom is -0.442 e. The van der Waals surface area contributed by atoms with Crippen LogP contribution >= 0.6 is 0 Å². The van der Waals surface area contributed by atoms with Crippen LogP contribution in [0, 0.1) is 0 Å². The fourth-order valence-corrected chi connectivity index (χ4v) is 1.41. The lowest BCUT2D eigenvalue weighted by Crippen LogP contribution is -2.44. The number of imide groups is 1. The Morgan fingerprint density at radius 3 is 1.58 bits per heavy atom. The van der Waals surface area contributed by atoms with Gasteiger partial charge in [-0.2, -0.15) is 0 Å². The summed E-state index contributed by atoms with van der Waals surface area (Å²) in [6, 6.07) is 0. The van der Waals surface area contributed by atoms with Crippen LogP contribution in [-0.2, 0) is 28.6 Å². The largest absolute Gasteiger partial charge is 0.444 e. The minimum absolute atomic E-state index is 0.0327. The number of hydrogen-bond donors (Lipinski definition) is 0. The molecule has 0 aromatic carbocycles. The number of rotatable bonds is 9. The van der Waals surface area contributed by atoms with Gasteiger partial charge in [-0.25, -0.2) is 9.59 Å². The molecular formula is C17H31NO8. The van der Waals surface area contributed by atoms with Gasteiger partial charge in [0.05, 0.1) is 26.4 Å². The Morgan fingerprint density at radius 1 is 0.731 bits per heavy atom. The molecule has 0 heterocycles. The van der Waals surface area contributed by atoms with Gasteiger partial charge in [-0.1, -0.05) is 5.06 Å². The third-order valence-corrected chi connectivity index (χ3v) is 2.24. The number of amides is 2. The number of ketones is 1. The molecule has 0 unspecified atom stereocenters. The van der Waals surface area contributed by atoms with Gasteiger partial charge >= 0.3 is 12.2 Å². The standard InChI is InChI=1S/C17H31NO8/c1-13(19)12-23-9-8-22-10-11-24-18(14(20)25-16(2,3)4)15(21)26-17(5,6)7/h8-12H2,1-7H3. The summed E-state index contributed by atoms with van der Waals surface area (Å²) in [5.74, 6) is -0.0707. The second kappa shape index (κ2) is 11.1. The molecule has 0 rings (SSSR count). The van der Waals surface area contributed by atoms with Crippen molar-refractivity contribution in [2.45, 2.75) is 59.7 Å². The third kappa shape index (κ3) is 13.6. The molecule has 0 atom stereocenters. The molecule has 0 saturated carbocycles.